The number of oxazole rings is 1. The van der Waals surface area contributed by atoms with Crippen molar-refractivity contribution in [2.45, 2.75) is 52.0 Å². The fourth-order valence-electron chi connectivity index (χ4n) is 2.35. The normalized spacial score (nSPS) is 12.3. The van der Waals surface area contributed by atoms with Gasteiger partial charge >= 0.3 is 0 Å². The van der Waals surface area contributed by atoms with Crippen LogP contribution in [-0.4, -0.2) is 11.0 Å². The fraction of sp³-hybridized carbons (Fsp3) is 0.471. The van der Waals surface area contributed by atoms with E-state index < -0.39 is 0 Å². The first kappa shape index (κ1) is 14.6. The largest absolute Gasteiger partial charge is 0.444 e. The standard InChI is InChI=1S/C17H24N2O/c1-3-4-5-6-8-14(2)19-16-10-7-9-15(11-16)17-12-18-13-20-17/h7,9-14,19H,3-6,8H2,1-2H3. The van der Waals surface area contributed by atoms with Crippen LogP contribution < -0.4 is 5.32 Å². The third kappa shape index (κ3) is 4.41. The van der Waals surface area contributed by atoms with Crippen molar-refractivity contribution >= 4 is 5.69 Å². The third-order valence-electron chi connectivity index (χ3n) is 3.48. The summed E-state index contributed by atoms with van der Waals surface area (Å²) in [6.45, 7) is 4.49. The molecule has 1 aromatic heterocycles. The van der Waals surface area contributed by atoms with Crippen LogP contribution in [0.15, 0.2) is 41.3 Å². The second-order valence-electron chi connectivity index (χ2n) is 5.34. The van der Waals surface area contributed by atoms with E-state index in [0.29, 0.717) is 6.04 Å². The van der Waals surface area contributed by atoms with E-state index in [-0.39, 0.29) is 0 Å². The molecular weight excluding hydrogens is 248 g/mol. The van der Waals surface area contributed by atoms with Crippen LogP contribution in [0.3, 0.4) is 0 Å². The molecule has 0 spiro atoms. The first-order valence-electron chi connectivity index (χ1n) is 7.55. The number of rotatable bonds is 8. The minimum Gasteiger partial charge on any atom is -0.444 e. The van der Waals surface area contributed by atoms with Crippen LogP contribution in [0.5, 0.6) is 0 Å². The SMILES string of the molecule is CCCCCCC(C)Nc1cccc(-c2cnco2)c1. The van der Waals surface area contributed by atoms with E-state index in [4.69, 9.17) is 4.42 Å². The minimum absolute atomic E-state index is 0.497. The van der Waals surface area contributed by atoms with Gasteiger partial charge in [-0.1, -0.05) is 44.7 Å². The molecule has 0 saturated carbocycles. The first-order valence-corrected chi connectivity index (χ1v) is 7.55. The lowest BCUT2D eigenvalue weighted by molar-refractivity contribution is 0.572. The van der Waals surface area contributed by atoms with Gasteiger partial charge in [0, 0.05) is 17.3 Å². The van der Waals surface area contributed by atoms with Crippen molar-refractivity contribution in [2.24, 2.45) is 0 Å². The molecule has 0 aliphatic heterocycles. The predicted molar refractivity (Wildman–Crippen MR) is 83.8 cm³/mol. The van der Waals surface area contributed by atoms with Crippen molar-refractivity contribution in [3.8, 4) is 11.3 Å². The number of nitrogens with zero attached hydrogens (tertiary/aromatic N) is 1. The second-order valence-corrected chi connectivity index (χ2v) is 5.34. The molecule has 0 bridgehead atoms. The summed E-state index contributed by atoms with van der Waals surface area (Å²) in [5.74, 6) is 0.809. The summed E-state index contributed by atoms with van der Waals surface area (Å²) in [5.41, 5.74) is 2.20. The van der Waals surface area contributed by atoms with Crippen LogP contribution in [0.4, 0.5) is 5.69 Å². The topological polar surface area (TPSA) is 38.1 Å². The maximum absolute atomic E-state index is 5.33. The molecule has 1 N–H and O–H groups in total. The highest BCUT2D eigenvalue weighted by atomic mass is 16.3. The molecule has 1 heterocycles. The van der Waals surface area contributed by atoms with Gasteiger partial charge < -0.3 is 9.73 Å². The van der Waals surface area contributed by atoms with E-state index in [1.807, 2.05) is 12.1 Å². The van der Waals surface area contributed by atoms with Gasteiger partial charge in [0.05, 0.1) is 6.20 Å². The van der Waals surface area contributed by atoms with Crippen LogP contribution in [0.1, 0.15) is 46.0 Å². The molecule has 1 atom stereocenters. The van der Waals surface area contributed by atoms with Crippen LogP contribution >= 0.6 is 0 Å². The van der Waals surface area contributed by atoms with Gasteiger partial charge in [-0.25, -0.2) is 4.98 Å². The Morgan fingerprint density at radius 3 is 2.90 bits per heavy atom. The highest BCUT2D eigenvalue weighted by Crippen LogP contribution is 2.22. The molecular formula is C17H24N2O. The second kappa shape index (κ2) is 7.73. The quantitative estimate of drug-likeness (QED) is 0.678. The molecule has 0 aliphatic carbocycles. The van der Waals surface area contributed by atoms with Gasteiger partial charge in [-0.2, -0.15) is 0 Å². The van der Waals surface area contributed by atoms with Crippen LogP contribution in [-0.2, 0) is 0 Å². The van der Waals surface area contributed by atoms with Crippen LogP contribution in [0, 0.1) is 0 Å². The van der Waals surface area contributed by atoms with E-state index in [0.717, 1.165) is 17.0 Å². The van der Waals surface area contributed by atoms with Gasteiger partial charge in [-0.15, -0.1) is 0 Å². The number of benzene rings is 1. The van der Waals surface area contributed by atoms with E-state index >= 15 is 0 Å². The maximum atomic E-state index is 5.33. The number of anilines is 1. The van der Waals surface area contributed by atoms with Crippen molar-refractivity contribution in [1.29, 1.82) is 0 Å². The van der Waals surface area contributed by atoms with Gasteiger partial charge in [-0.05, 0) is 25.5 Å². The van der Waals surface area contributed by atoms with Gasteiger partial charge in [0.1, 0.15) is 0 Å². The van der Waals surface area contributed by atoms with Crippen molar-refractivity contribution in [1.82, 2.24) is 4.98 Å². The van der Waals surface area contributed by atoms with Crippen molar-refractivity contribution in [2.75, 3.05) is 5.32 Å². The first-order chi connectivity index (χ1) is 9.79. The van der Waals surface area contributed by atoms with Crippen molar-refractivity contribution in [3.63, 3.8) is 0 Å². The molecule has 0 amide bonds. The summed E-state index contributed by atoms with van der Waals surface area (Å²) < 4.78 is 5.33. The fourth-order valence-corrected chi connectivity index (χ4v) is 2.35. The van der Waals surface area contributed by atoms with E-state index in [2.05, 4.69) is 36.3 Å². The Morgan fingerprint density at radius 1 is 1.25 bits per heavy atom. The zero-order valence-electron chi connectivity index (χ0n) is 12.4. The third-order valence-corrected chi connectivity index (χ3v) is 3.48. The minimum atomic E-state index is 0.497. The molecule has 2 rings (SSSR count). The van der Waals surface area contributed by atoms with Crippen molar-refractivity contribution < 1.29 is 4.42 Å². The maximum Gasteiger partial charge on any atom is 0.181 e. The van der Waals surface area contributed by atoms with Gasteiger partial charge in [0.25, 0.3) is 0 Å². The van der Waals surface area contributed by atoms with Crippen LogP contribution in [0.25, 0.3) is 11.3 Å². The number of unbranched alkanes of at least 4 members (excludes halogenated alkanes) is 3. The summed E-state index contributed by atoms with van der Waals surface area (Å²) in [5, 5.41) is 3.56. The number of nitrogens with one attached hydrogen (secondary N) is 1. The molecule has 0 saturated heterocycles. The molecule has 3 nitrogen and oxygen atoms in total. The highest BCUT2D eigenvalue weighted by molar-refractivity contribution is 5.63. The molecule has 1 unspecified atom stereocenters. The van der Waals surface area contributed by atoms with Gasteiger partial charge in [0.2, 0.25) is 0 Å². The Kier molecular flexibility index (Phi) is 5.66. The summed E-state index contributed by atoms with van der Waals surface area (Å²) in [7, 11) is 0. The number of aromatic nitrogens is 1. The van der Waals surface area contributed by atoms with Crippen molar-refractivity contribution in [3.05, 3.63) is 36.9 Å². The average molecular weight is 272 g/mol. The Labute approximate surface area is 121 Å². The Morgan fingerprint density at radius 2 is 2.15 bits per heavy atom. The molecule has 108 valence electrons. The predicted octanol–water partition coefficient (Wildman–Crippen LogP) is 5.11. The van der Waals surface area contributed by atoms with E-state index in [1.165, 1.54) is 38.5 Å². The van der Waals surface area contributed by atoms with Gasteiger partial charge in [-0.3, -0.25) is 0 Å². The molecule has 1 aromatic carbocycles. The van der Waals surface area contributed by atoms with Gasteiger partial charge in [0.15, 0.2) is 12.2 Å². The lowest BCUT2D eigenvalue weighted by atomic mass is 10.1. The van der Waals surface area contributed by atoms with E-state index in [1.54, 1.807) is 6.20 Å². The summed E-state index contributed by atoms with van der Waals surface area (Å²) in [6, 6.07) is 8.80. The summed E-state index contributed by atoms with van der Waals surface area (Å²) >= 11 is 0. The number of hydrogen-bond acceptors (Lipinski definition) is 3. The molecule has 20 heavy (non-hydrogen) atoms. The molecule has 2 aromatic rings. The van der Waals surface area contributed by atoms with Crippen LogP contribution in [0.2, 0.25) is 0 Å². The Bertz CT molecular complexity index is 493. The summed E-state index contributed by atoms with van der Waals surface area (Å²) in [4.78, 5) is 3.96. The van der Waals surface area contributed by atoms with E-state index in [9.17, 15) is 0 Å². The molecule has 0 radical (unpaired) electrons. The highest BCUT2D eigenvalue weighted by Gasteiger charge is 2.05. The lowest BCUT2D eigenvalue weighted by Gasteiger charge is -2.15. The summed E-state index contributed by atoms with van der Waals surface area (Å²) in [6.07, 6.45) is 9.69. The molecule has 0 fully saturated rings. The Hall–Kier alpha value is -1.77. The number of hydrogen-bond donors (Lipinski definition) is 1. The zero-order chi connectivity index (χ0) is 14.2. The zero-order valence-corrected chi connectivity index (χ0v) is 12.4. The molecule has 0 aliphatic rings. The lowest BCUT2D eigenvalue weighted by Crippen LogP contribution is -2.14. The Balaban J connectivity index is 1.88. The molecule has 3 heteroatoms. The monoisotopic (exact) mass is 272 g/mol. The smallest absolute Gasteiger partial charge is 0.181 e. The average Bonchev–Trinajstić information content (AvgIpc) is 2.98.